The van der Waals surface area contributed by atoms with E-state index >= 15 is 0 Å². The molecule has 29 heavy (non-hydrogen) atoms. The van der Waals surface area contributed by atoms with Crippen molar-refractivity contribution in [1.82, 2.24) is 9.88 Å². The highest BCUT2D eigenvalue weighted by molar-refractivity contribution is 5.81. The lowest BCUT2D eigenvalue weighted by Crippen LogP contribution is -2.33. The summed E-state index contributed by atoms with van der Waals surface area (Å²) in [6.45, 7) is 6.84. The van der Waals surface area contributed by atoms with Gasteiger partial charge in [0.25, 0.3) is 0 Å². The van der Waals surface area contributed by atoms with Crippen LogP contribution in [0.5, 0.6) is 0 Å². The van der Waals surface area contributed by atoms with E-state index in [1.54, 1.807) is 18.2 Å². The van der Waals surface area contributed by atoms with E-state index in [-0.39, 0.29) is 17.4 Å². The fourth-order valence-corrected chi connectivity index (χ4v) is 3.86. The number of fused-ring (bicyclic) bond motifs is 1. The Balaban J connectivity index is 1.64. The Morgan fingerprint density at radius 3 is 2.72 bits per heavy atom. The molecule has 1 amide bonds. The average Bonchev–Trinajstić information content (AvgIpc) is 3.26. The maximum absolute atomic E-state index is 14.1. The Bertz CT molecular complexity index is 1070. The van der Waals surface area contributed by atoms with Gasteiger partial charge >= 0.3 is 0 Å². The van der Waals surface area contributed by atoms with Crippen molar-refractivity contribution in [2.75, 3.05) is 6.54 Å². The Kier molecular flexibility index (Phi) is 4.89. The first kappa shape index (κ1) is 19.6. The van der Waals surface area contributed by atoms with Crippen LogP contribution >= 0.6 is 0 Å². The summed E-state index contributed by atoms with van der Waals surface area (Å²) in [5, 5.41) is 0. The molecular weight excluding hydrogens is 374 g/mol. The number of hydrogen-bond acceptors (Lipinski definition) is 3. The van der Waals surface area contributed by atoms with Gasteiger partial charge in [-0.1, -0.05) is 26.8 Å². The summed E-state index contributed by atoms with van der Waals surface area (Å²) in [7, 11) is 0. The second kappa shape index (κ2) is 7.25. The standard InChI is InChI=1S/C23H24F2N2O2/c1-23(2,3)13-21(28)27-10-4-5-19(27)22-26-18-11-14(6-9-20(18)29-22)16-8-7-15(24)12-17(16)25/h6-9,11-12,19H,4-5,10,13H2,1-3H3. The molecule has 1 aliphatic heterocycles. The minimum atomic E-state index is -0.622. The van der Waals surface area contributed by atoms with Gasteiger partial charge in [-0.2, -0.15) is 0 Å². The number of nitrogens with zero attached hydrogens (tertiary/aromatic N) is 2. The molecule has 0 radical (unpaired) electrons. The quantitative estimate of drug-likeness (QED) is 0.554. The third-order valence-electron chi connectivity index (χ3n) is 5.19. The molecule has 0 saturated carbocycles. The second-order valence-electron chi connectivity index (χ2n) is 8.84. The molecule has 0 spiro atoms. The van der Waals surface area contributed by atoms with Crippen LogP contribution in [-0.2, 0) is 4.79 Å². The molecule has 4 nitrogen and oxygen atoms in total. The van der Waals surface area contributed by atoms with Crippen molar-refractivity contribution in [2.45, 2.75) is 46.1 Å². The summed E-state index contributed by atoms with van der Waals surface area (Å²) >= 11 is 0. The van der Waals surface area contributed by atoms with E-state index in [1.165, 1.54) is 12.1 Å². The smallest absolute Gasteiger partial charge is 0.223 e. The molecule has 1 unspecified atom stereocenters. The van der Waals surface area contributed by atoms with Crippen molar-refractivity contribution >= 4 is 17.0 Å². The van der Waals surface area contributed by atoms with E-state index in [4.69, 9.17) is 4.42 Å². The van der Waals surface area contributed by atoms with Crippen LogP contribution in [0.15, 0.2) is 40.8 Å². The predicted octanol–water partition coefficient (Wildman–Crippen LogP) is 5.87. The molecule has 0 N–H and O–H groups in total. The highest BCUT2D eigenvalue weighted by Gasteiger charge is 2.34. The molecule has 2 aromatic carbocycles. The number of rotatable bonds is 3. The van der Waals surface area contributed by atoms with Crippen LogP contribution < -0.4 is 0 Å². The molecule has 4 rings (SSSR count). The first-order valence-corrected chi connectivity index (χ1v) is 9.87. The lowest BCUT2D eigenvalue weighted by molar-refractivity contribution is -0.134. The third-order valence-corrected chi connectivity index (χ3v) is 5.19. The number of halogens is 2. The molecule has 2 heterocycles. The number of aromatic nitrogens is 1. The van der Waals surface area contributed by atoms with Crippen LogP contribution in [0.4, 0.5) is 8.78 Å². The zero-order valence-electron chi connectivity index (χ0n) is 16.8. The van der Waals surface area contributed by atoms with Gasteiger partial charge in [0, 0.05) is 24.6 Å². The Labute approximate surface area is 168 Å². The maximum atomic E-state index is 14.1. The maximum Gasteiger partial charge on any atom is 0.223 e. The van der Waals surface area contributed by atoms with Gasteiger partial charge in [0.15, 0.2) is 5.58 Å². The molecule has 1 aromatic heterocycles. The summed E-state index contributed by atoms with van der Waals surface area (Å²) in [6, 6.07) is 8.53. The van der Waals surface area contributed by atoms with E-state index in [9.17, 15) is 13.6 Å². The van der Waals surface area contributed by atoms with Gasteiger partial charge in [0.05, 0.1) is 0 Å². The Morgan fingerprint density at radius 2 is 2.00 bits per heavy atom. The first-order chi connectivity index (χ1) is 13.7. The monoisotopic (exact) mass is 398 g/mol. The molecule has 6 heteroatoms. The minimum absolute atomic E-state index is 0.0837. The molecule has 1 saturated heterocycles. The van der Waals surface area contributed by atoms with Gasteiger partial charge in [0.1, 0.15) is 23.2 Å². The van der Waals surface area contributed by atoms with Crippen LogP contribution in [0.3, 0.4) is 0 Å². The van der Waals surface area contributed by atoms with Gasteiger partial charge < -0.3 is 9.32 Å². The fourth-order valence-electron chi connectivity index (χ4n) is 3.86. The largest absolute Gasteiger partial charge is 0.438 e. The zero-order chi connectivity index (χ0) is 20.8. The third kappa shape index (κ3) is 4.02. The van der Waals surface area contributed by atoms with Crippen molar-refractivity contribution < 1.29 is 18.0 Å². The molecule has 1 fully saturated rings. The van der Waals surface area contributed by atoms with Gasteiger partial charge in [-0.15, -0.1) is 0 Å². The SMILES string of the molecule is CC(C)(C)CC(=O)N1CCCC1c1nc2cc(-c3ccc(F)cc3F)ccc2o1. The van der Waals surface area contributed by atoms with Crippen molar-refractivity contribution in [1.29, 1.82) is 0 Å². The van der Waals surface area contributed by atoms with E-state index in [1.807, 2.05) is 25.7 Å². The van der Waals surface area contributed by atoms with Crippen LogP contribution in [0.1, 0.15) is 52.0 Å². The number of likely N-dealkylation sites (tertiary alicyclic amines) is 1. The lowest BCUT2D eigenvalue weighted by Gasteiger charge is -2.26. The van der Waals surface area contributed by atoms with E-state index in [2.05, 4.69) is 4.98 Å². The average molecular weight is 398 g/mol. The van der Waals surface area contributed by atoms with Crippen molar-refractivity contribution in [3.8, 4) is 11.1 Å². The van der Waals surface area contributed by atoms with Crippen molar-refractivity contribution in [2.24, 2.45) is 5.41 Å². The summed E-state index contributed by atoms with van der Waals surface area (Å²) < 4.78 is 33.3. The Hall–Kier alpha value is -2.76. The summed E-state index contributed by atoms with van der Waals surface area (Å²) in [6.07, 6.45) is 2.19. The van der Waals surface area contributed by atoms with Crippen molar-refractivity contribution in [3.05, 3.63) is 53.9 Å². The number of amides is 1. The van der Waals surface area contributed by atoms with E-state index in [0.29, 0.717) is 41.1 Å². The molecular formula is C23H24F2N2O2. The zero-order valence-corrected chi connectivity index (χ0v) is 16.8. The highest BCUT2D eigenvalue weighted by Crippen LogP contribution is 2.36. The molecule has 3 aromatic rings. The molecule has 1 aliphatic rings. The van der Waals surface area contributed by atoms with E-state index < -0.39 is 11.6 Å². The number of oxazole rings is 1. The summed E-state index contributed by atoms with van der Waals surface area (Å²) in [5.74, 6) is -0.618. The second-order valence-corrected chi connectivity index (χ2v) is 8.84. The van der Waals surface area contributed by atoms with Crippen LogP contribution in [0.2, 0.25) is 0 Å². The fraction of sp³-hybridized carbons (Fsp3) is 0.391. The van der Waals surface area contributed by atoms with E-state index in [0.717, 1.165) is 18.9 Å². The van der Waals surface area contributed by atoms with Gasteiger partial charge in [0.2, 0.25) is 11.8 Å². The lowest BCUT2D eigenvalue weighted by atomic mass is 9.91. The topological polar surface area (TPSA) is 46.3 Å². The van der Waals surface area contributed by atoms with Crippen LogP contribution in [-0.4, -0.2) is 22.3 Å². The number of hydrogen-bond donors (Lipinski definition) is 0. The van der Waals surface area contributed by atoms with Gasteiger partial charge in [-0.05, 0) is 48.1 Å². The normalized spacial score (nSPS) is 17.3. The van der Waals surface area contributed by atoms with Crippen LogP contribution in [0.25, 0.3) is 22.2 Å². The Morgan fingerprint density at radius 1 is 1.21 bits per heavy atom. The molecule has 152 valence electrons. The summed E-state index contributed by atoms with van der Waals surface area (Å²) in [5.41, 5.74) is 2.00. The molecule has 0 bridgehead atoms. The predicted molar refractivity (Wildman–Crippen MR) is 107 cm³/mol. The van der Waals surface area contributed by atoms with Gasteiger partial charge in [-0.25, -0.2) is 13.8 Å². The number of carbonyl (C=O) groups excluding carboxylic acids is 1. The van der Waals surface area contributed by atoms with Gasteiger partial charge in [-0.3, -0.25) is 4.79 Å². The first-order valence-electron chi connectivity index (χ1n) is 9.87. The van der Waals surface area contributed by atoms with Crippen molar-refractivity contribution in [3.63, 3.8) is 0 Å². The highest BCUT2D eigenvalue weighted by atomic mass is 19.1. The molecule has 0 aliphatic carbocycles. The number of carbonyl (C=O) groups is 1. The number of benzene rings is 2. The molecule has 1 atom stereocenters. The van der Waals surface area contributed by atoms with Crippen LogP contribution in [0, 0.1) is 17.0 Å². The summed E-state index contributed by atoms with van der Waals surface area (Å²) in [4.78, 5) is 19.2. The minimum Gasteiger partial charge on any atom is -0.438 e.